The maximum Gasteiger partial charge on any atom is 0.335 e. The molecule has 0 atom stereocenters. The lowest BCUT2D eigenvalue weighted by Crippen LogP contribution is -2.13. The maximum atomic E-state index is 11.5. The van der Waals surface area contributed by atoms with Crippen LogP contribution in [0.15, 0.2) is 36.4 Å². The summed E-state index contributed by atoms with van der Waals surface area (Å²) in [5.74, 6) is -1.74. The van der Waals surface area contributed by atoms with Crippen molar-refractivity contribution in [1.29, 1.82) is 0 Å². The number of carboxylic acids is 1. The summed E-state index contributed by atoms with van der Waals surface area (Å²) in [7, 11) is 0. The highest BCUT2D eigenvalue weighted by Crippen LogP contribution is 2.28. The molecule has 1 heterocycles. The van der Waals surface area contributed by atoms with Crippen LogP contribution < -0.4 is 5.73 Å². The van der Waals surface area contributed by atoms with E-state index >= 15 is 0 Å². The molecule has 94 valence electrons. The van der Waals surface area contributed by atoms with Crippen LogP contribution in [0.4, 0.5) is 0 Å². The number of aromatic carboxylic acids is 1. The van der Waals surface area contributed by atoms with Gasteiger partial charge in [-0.2, -0.15) is 0 Å². The Labute approximate surface area is 107 Å². The minimum atomic E-state index is -1.09. The number of primary amides is 1. The lowest BCUT2D eigenvalue weighted by Gasteiger charge is -2.01. The van der Waals surface area contributed by atoms with Crippen molar-refractivity contribution in [1.82, 2.24) is 4.98 Å². The number of aromatic amines is 1. The molecular formula is C14H10N2O3. The minimum absolute atomic E-state index is 0.0473. The molecule has 0 aliphatic rings. The Morgan fingerprint density at radius 1 is 1.11 bits per heavy atom. The Bertz CT molecular complexity index is 833. The van der Waals surface area contributed by atoms with Crippen LogP contribution in [0.2, 0.25) is 0 Å². The summed E-state index contributed by atoms with van der Waals surface area (Å²) in [5.41, 5.74) is 6.96. The van der Waals surface area contributed by atoms with E-state index in [-0.39, 0.29) is 11.1 Å². The van der Waals surface area contributed by atoms with E-state index in [1.54, 1.807) is 6.07 Å². The van der Waals surface area contributed by atoms with Crippen LogP contribution in [0.1, 0.15) is 20.7 Å². The Hall–Kier alpha value is -2.82. The quantitative estimate of drug-likeness (QED) is 0.653. The highest BCUT2D eigenvalue weighted by molar-refractivity contribution is 6.16. The number of carbonyl (C=O) groups is 2. The van der Waals surface area contributed by atoms with Crippen LogP contribution >= 0.6 is 0 Å². The molecule has 0 spiro atoms. The molecule has 5 heteroatoms. The topological polar surface area (TPSA) is 96.2 Å². The Morgan fingerprint density at radius 2 is 1.84 bits per heavy atom. The van der Waals surface area contributed by atoms with Gasteiger partial charge in [-0.1, -0.05) is 18.2 Å². The summed E-state index contributed by atoms with van der Waals surface area (Å²) < 4.78 is 0. The van der Waals surface area contributed by atoms with Crippen LogP contribution in [0, 0.1) is 0 Å². The standard InChI is InChI=1S/C14H10N2O3/c15-13(17)10-6-7(14(18)19)5-9-8-3-1-2-4-11(8)16-12(9)10/h1-6,16H,(H2,15,17)(H,18,19). The number of carboxylic acid groups (broad SMARTS) is 1. The number of amides is 1. The first kappa shape index (κ1) is 11.3. The third-order valence-electron chi connectivity index (χ3n) is 3.13. The smallest absolute Gasteiger partial charge is 0.335 e. The van der Waals surface area contributed by atoms with Crippen LogP contribution in [-0.2, 0) is 0 Å². The lowest BCUT2D eigenvalue weighted by molar-refractivity contribution is 0.0697. The molecule has 1 amide bonds. The van der Waals surface area contributed by atoms with Crippen molar-refractivity contribution in [2.45, 2.75) is 0 Å². The number of para-hydroxylation sites is 1. The molecule has 3 rings (SSSR count). The molecule has 5 nitrogen and oxygen atoms in total. The molecule has 19 heavy (non-hydrogen) atoms. The van der Waals surface area contributed by atoms with Crippen molar-refractivity contribution in [3.05, 3.63) is 47.5 Å². The number of benzene rings is 2. The average Bonchev–Trinajstić information content (AvgIpc) is 2.75. The van der Waals surface area contributed by atoms with Gasteiger partial charge in [-0.15, -0.1) is 0 Å². The highest BCUT2D eigenvalue weighted by Gasteiger charge is 2.16. The first-order valence-electron chi connectivity index (χ1n) is 5.65. The van der Waals surface area contributed by atoms with Crippen molar-refractivity contribution < 1.29 is 14.7 Å². The second-order valence-electron chi connectivity index (χ2n) is 4.29. The van der Waals surface area contributed by atoms with E-state index in [2.05, 4.69) is 4.98 Å². The van der Waals surface area contributed by atoms with Gasteiger partial charge in [-0.25, -0.2) is 4.79 Å². The summed E-state index contributed by atoms with van der Waals surface area (Å²) in [6.45, 7) is 0. The van der Waals surface area contributed by atoms with Gasteiger partial charge in [-0.05, 0) is 18.2 Å². The van der Waals surface area contributed by atoms with Gasteiger partial charge >= 0.3 is 5.97 Å². The number of carbonyl (C=O) groups excluding carboxylic acids is 1. The Morgan fingerprint density at radius 3 is 2.53 bits per heavy atom. The van der Waals surface area contributed by atoms with E-state index in [4.69, 9.17) is 10.8 Å². The zero-order valence-electron chi connectivity index (χ0n) is 9.81. The normalized spacial score (nSPS) is 10.9. The fourth-order valence-corrected chi connectivity index (χ4v) is 2.27. The molecule has 3 aromatic rings. The second kappa shape index (κ2) is 3.84. The summed E-state index contributed by atoms with van der Waals surface area (Å²) in [6.07, 6.45) is 0. The predicted molar refractivity (Wildman–Crippen MR) is 71.3 cm³/mol. The van der Waals surface area contributed by atoms with E-state index in [1.165, 1.54) is 6.07 Å². The van der Waals surface area contributed by atoms with Crippen LogP contribution in [-0.4, -0.2) is 22.0 Å². The molecule has 1 aromatic heterocycles. The Balaban J connectivity index is 2.52. The summed E-state index contributed by atoms with van der Waals surface area (Å²) in [6, 6.07) is 10.3. The highest BCUT2D eigenvalue weighted by atomic mass is 16.4. The van der Waals surface area contributed by atoms with Crippen molar-refractivity contribution in [2.75, 3.05) is 0 Å². The van der Waals surface area contributed by atoms with Gasteiger partial charge in [0.15, 0.2) is 0 Å². The molecule has 0 radical (unpaired) electrons. The van der Waals surface area contributed by atoms with E-state index in [0.717, 1.165) is 10.9 Å². The van der Waals surface area contributed by atoms with Gasteiger partial charge in [-0.3, -0.25) is 4.79 Å². The molecule has 0 fully saturated rings. The molecule has 2 aromatic carbocycles. The van der Waals surface area contributed by atoms with Gasteiger partial charge in [0.05, 0.1) is 16.6 Å². The van der Waals surface area contributed by atoms with Crippen molar-refractivity contribution in [2.24, 2.45) is 5.73 Å². The number of fused-ring (bicyclic) bond motifs is 3. The molecule has 0 saturated heterocycles. The van der Waals surface area contributed by atoms with Crippen LogP contribution in [0.3, 0.4) is 0 Å². The fourth-order valence-electron chi connectivity index (χ4n) is 2.27. The average molecular weight is 254 g/mol. The summed E-state index contributed by atoms with van der Waals surface area (Å²) in [4.78, 5) is 25.7. The summed E-state index contributed by atoms with van der Waals surface area (Å²) in [5, 5.41) is 10.6. The molecule has 4 N–H and O–H groups in total. The number of aromatic nitrogens is 1. The number of nitrogens with one attached hydrogen (secondary N) is 1. The largest absolute Gasteiger partial charge is 0.478 e. The van der Waals surface area contributed by atoms with Gasteiger partial charge in [0.1, 0.15) is 0 Å². The van der Waals surface area contributed by atoms with Gasteiger partial charge in [0.25, 0.3) is 5.91 Å². The zero-order valence-corrected chi connectivity index (χ0v) is 9.81. The Kier molecular flexibility index (Phi) is 2.28. The SMILES string of the molecule is NC(=O)c1cc(C(=O)O)cc2c1[nH]c1ccccc12. The monoisotopic (exact) mass is 254 g/mol. The van der Waals surface area contributed by atoms with Crippen LogP contribution in [0.25, 0.3) is 21.8 Å². The molecule has 0 unspecified atom stereocenters. The molecular weight excluding hydrogens is 244 g/mol. The predicted octanol–water partition coefficient (Wildman–Crippen LogP) is 2.12. The molecule has 0 bridgehead atoms. The van der Waals surface area contributed by atoms with E-state index < -0.39 is 11.9 Å². The molecule has 0 saturated carbocycles. The zero-order chi connectivity index (χ0) is 13.6. The van der Waals surface area contributed by atoms with Crippen molar-refractivity contribution in [3.8, 4) is 0 Å². The van der Waals surface area contributed by atoms with E-state index in [1.807, 2.05) is 24.3 Å². The van der Waals surface area contributed by atoms with Gasteiger partial charge in [0.2, 0.25) is 0 Å². The van der Waals surface area contributed by atoms with Gasteiger partial charge in [0, 0.05) is 16.3 Å². The first-order valence-corrected chi connectivity index (χ1v) is 5.65. The number of hydrogen-bond acceptors (Lipinski definition) is 2. The fraction of sp³-hybridized carbons (Fsp3) is 0. The third kappa shape index (κ3) is 1.63. The van der Waals surface area contributed by atoms with Crippen molar-refractivity contribution in [3.63, 3.8) is 0 Å². The number of hydrogen-bond donors (Lipinski definition) is 3. The van der Waals surface area contributed by atoms with Crippen molar-refractivity contribution >= 4 is 33.7 Å². The third-order valence-corrected chi connectivity index (χ3v) is 3.13. The number of nitrogens with two attached hydrogens (primary N) is 1. The number of H-pyrrole nitrogens is 1. The first-order chi connectivity index (χ1) is 9.08. The van der Waals surface area contributed by atoms with E-state index in [9.17, 15) is 9.59 Å². The number of rotatable bonds is 2. The lowest BCUT2D eigenvalue weighted by atomic mass is 10.0. The maximum absolute atomic E-state index is 11.5. The summed E-state index contributed by atoms with van der Waals surface area (Å²) >= 11 is 0. The molecule has 0 aliphatic heterocycles. The van der Waals surface area contributed by atoms with E-state index in [0.29, 0.717) is 10.9 Å². The minimum Gasteiger partial charge on any atom is -0.478 e. The molecule has 0 aliphatic carbocycles. The van der Waals surface area contributed by atoms with Gasteiger partial charge < -0.3 is 15.8 Å². The van der Waals surface area contributed by atoms with Crippen LogP contribution in [0.5, 0.6) is 0 Å². The second-order valence-corrected chi connectivity index (χ2v) is 4.29.